The number of hydrogen-bond acceptors (Lipinski definition) is 3. The van der Waals surface area contributed by atoms with E-state index in [1.54, 1.807) is 18.3 Å². The van der Waals surface area contributed by atoms with Gasteiger partial charge in [-0.1, -0.05) is 12.1 Å². The van der Waals surface area contributed by atoms with Crippen LogP contribution < -0.4 is 11.1 Å². The van der Waals surface area contributed by atoms with Gasteiger partial charge in [-0.05, 0) is 37.1 Å². The van der Waals surface area contributed by atoms with E-state index in [4.69, 9.17) is 5.73 Å². The van der Waals surface area contributed by atoms with Crippen molar-refractivity contribution in [3.8, 4) is 0 Å². The van der Waals surface area contributed by atoms with Gasteiger partial charge in [-0.15, -0.1) is 0 Å². The standard InChI is InChI=1S/C14H15N3O/c1-9-4-3-5-11(10(9)2)14(18)17-13-6-7-16-8-12(13)15/h3-8H,15H2,1-2H3,(H,16,17,18). The minimum Gasteiger partial charge on any atom is -0.396 e. The highest BCUT2D eigenvalue weighted by atomic mass is 16.1. The molecule has 4 heteroatoms. The number of anilines is 2. The first-order chi connectivity index (χ1) is 8.59. The SMILES string of the molecule is Cc1cccc(C(=O)Nc2ccncc2N)c1C. The largest absolute Gasteiger partial charge is 0.396 e. The number of nitrogens with one attached hydrogen (secondary N) is 1. The number of carbonyl (C=O) groups excluding carboxylic acids is 1. The van der Waals surface area contributed by atoms with Crippen molar-refractivity contribution in [1.82, 2.24) is 4.98 Å². The maximum Gasteiger partial charge on any atom is 0.255 e. The fourth-order valence-electron chi connectivity index (χ4n) is 1.71. The maximum absolute atomic E-state index is 12.2. The Labute approximate surface area is 106 Å². The molecule has 92 valence electrons. The molecule has 0 aliphatic rings. The quantitative estimate of drug-likeness (QED) is 0.849. The summed E-state index contributed by atoms with van der Waals surface area (Å²) in [5, 5.41) is 2.79. The number of carbonyl (C=O) groups is 1. The zero-order valence-corrected chi connectivity index (χ0v) is 10.4. The number of aromatic nitrogens is 1. The van der Waals surface area contributed by atoms with Gasteiger partial charge in [0.15, 0.2) is 0 Å². The number of pyridine rings is 1. The van der Waals surface area contributed by atoms with E-state index in [1.807, 2.05) is 26.0 Å². The molecule has 0 unspecified atom stereocenters. The van der Waals surface area contributed by atoms with Crippen LogP contribution in [0.5, 0.6) is 0 Å². The lowest BCUT2D eigenvalue weighted by molar-refractivity contribution is 0.102. The van der Waals surface area contributed by atoms with Crippen molar-refractivity contribution in [1.29, 1.82) is 0 Å². The number of aryl methyl sites for hydroxylation is 1. The second-order valence-electron chi connectivity index (χ2n) is 4.16. The van der Waals surface area contributed by atoms with Gasteiger partial charge < -0.3 is 11.1 Å². The molecule has 0 saturated heterocycles. The molecule has 1 amide bonds. The van der Waals surface area contributed by atoms with Gasteiger partial charge in [0.25, 0.3) is 5.91 Å². The van der Waals surface area contributed by atoms with Gasteiger partial charge in [0.1, 0.15) is 0 Å². The normalized spacial score (nSPS) is 10.1. The minimum absolute atomic E-state index is 0.158. The Kier molecular flexibility index (Phi) is 3.28. The summed E-state index contributed by atoms with van der Waals surface area (Å²) in [4.78, 5) is 16.0. The first-order valence-corrected chi connectivity index (χ1v) is 5.66. The Bertz CT molecular complexity index is 593. The number of nitrogens with zero attached hydrogens (tertiary/aromatic N) is 1. The molecule has 0 aliphatic carbocycles. The topological polar surface area (TPSA) is 68.0 Å². The van der Waals surface area contributed by atoms with E-state index >= 15 is 0 Å². The molecule has 0 spiro atoms. The lowest BCUT2D eigenvalue weighted by Crippen LogP contribution is -2.15. The lowest BCUT2D eigenvalue weighted by Gasteiger charge is -2.10. The van der Waals surface area contributed by atoms with Crippen molar-refractivity contribution < 1.29 is 4.79 Å². The second-order valence-corrected chi connectivity index (χ2v) is 4.16. The van der Waals surface area contributed by atoms with E-state index in [2.05, 4.69) is 10.3 Å². The Hall–Kier alpha value is -2.36. The lowest BCUT2D eigenvalue weighted by atomic mass is 10.0. The van der Waals surface area contributed by atoms with E-state index in [0.717, 1.165) is 11.1 Å². The molecule has 0 saturated carbocycles. The molecule has 0 fully saturated rings. The highest BCUT2D eigenvalue weighted by Gasteiger charge is 2.11. The summed E-state index contributed by atoms with van der Waals surface area (Å²) in [7, 11) is 0. The maximum atomic E-state index is 12.2. The average Bonchev–Trinajstić information content (AvgIpc) is 2.35. The van der Waals surface area contributed by atoms with Crippen molar-refractivity contribution >= 4 is 17.3 Å². The number of nitrogens with two attached hydrogens (primary N) is 1. The minimum atomic E-state index is -0.158. The number of rotatable bonds is 2. The van der Waals surface area contributed by atoms with Gasteiger partial charge in [-0.25, -0.2) is 0 Å². The smallest absolute Gasteiger partial charge is 0.255 e. The molecular formula is C14H15N3O. The van der Waals surface area contributed by atoms with Crippen LogP contribution in [0, 0.1) is 13.8 Å². The van der Waals surface area contributed by atoms with Crippen molar-refractivity contribution in [3.63, 3.8) is 0 Å². The molecule has 1 aromatic carbocycles. The van der Waals surface area contributed by atoms with E-state index in [1.165, 1.54) is 6.20 Å². The van der Waals surface area contributed by atoms with Crippen molar-refractivity contribution in [3.05, 3.63) is 53.3 Å². The fourth-order valence-corrected chi connectivity index (χ4v) is 1.71. The Morgan fingerprint density at radius 3 is 2.78 bits per heavy atom. The third kappa shape index (κ3) is 2.32. The van der Waals surface area contributed by atoms with Crippen LogP contribution in [0.4, 0.5) is 11.4 Å². The molecule has 0 atom stereocenters. The molecule has 0 aliphatic heterocycles. The number of amides is 1. The molecule has 4 nitrogen and oxygen atoms in total. The molecule has 2 aromatic rings. The zero-order chi connectivity index (χ0) is 13.1. The van der Waals surface area contributed by atoms with Crippen LogP contribution in [0.1, 0.15) is 21.5 Å². The summed E-state index contributed by atoms with van der Waals surface area (Å²) in [6.45, 7) is 3.91. The first-order valence-electron chi connectivity index (χ1n) is 5.66. The van der Waals surface area contributed by atoms with Crippen molar-refractivity contribution in [2.24, 2.45) is 0 Å². The molecule has 2 rings (SSSR count). The highest BCUT2D eigenvalue weighted by molar-refractivity contribution is 6.06. The highest BCUT2D eigenvalue weighted by Crippen LogP contribution is 2.18. The van der Waals surface area contributed by atoms with Gasteiger partial charge in [0.2, 0.25) is 0 Å². The Balaban J connectivity index is 2.28. The third-order valence-corrected chi connectivity index (χ3v) is 2.95. The van der Waals surface area contributed by atoms with Gasteiger partial charge in [0, 0.05) is 11.8 Å². The summed E-state index contributed by atoms with van der Waals surface area (Å²) in [6, 6.07) is 7.33. The number of hydrogen-bond donors (Lipinski definition) is 2. The third-order valence-electron chi connectivity index (χ3n) is 2.95. The van der Waals surface area contributed by atoms with Gasteiger partial charge in [-0.2, -0.15) is 0 Å². The van der Waals surface area contributed by atoms with Crippen LogP contribution in [-0.4, -0.2) is 10.9 Å². The molecule has 3 N–H and O–H groups in total. The van der Waals surface area contributed by atoms with Crippen molar-refractivity contribution in [2.75, 3.05) is 11.1 Å². The van der Waals surface area contributed by atoms with E-state index < -0.39 is 0 Å². The summed E-state index contributed by atoms with van der Waals surface area (Å²) in [5.41, 5.74) is 9.49. The van der Waals surface area contributed by atoms with Crippen LogP contribution in [0.3, 0.4) is 0 Å². The molecule has 1 aromatic heterocycles. The Morgan fingerprint density at radius 2 is 2.06 bits per heavy atom. The van der Waals surface area contributed by atoms with Gasteiger partial charge in [-0.3, -0.25) is 9.78 Å². The summed E-state index contributed by atoms with van der Waals surface area (Å²) in [6.07, 6.45) is 3.10. The van der Waals surface area contributed by atoms with Crippen molar-refractivity contribution in [2.45, 2.75) is 13.8 Å². The van der Waals surface area contributed by atoms with E-state index in [9.17, 15) is 4.79 Å². The molecule has 0 radical (unpaired) electrons. The monoisotopic (exact) mass is 241 g/mol. The summed E-state index contributed by atoms with van der Waals surface area (Å²) in [5.74, 6) is -0.158. The molecule has 18 heavy (non-hydrogen) atoms. The number of nitrogen functional groups attached to an aromatic ring is 1. The van der Waals surface area contributed by atoms with Gasteiger partial charge in [0.05, 0.1) is 17.6 Å². The summed E-state index contributed by atoms with van der Waals surface area (Å²) >= 11 is 0. The molecule has 1 heterocycles. The predicted octanol–water partition coefficient (Wildman–Crippen LogP) is 2.53. The Morgan fingerprint density at radius 1 is 1.28 bits per heavy atom. The van der Waals surface area contributed by atoms with Crippen LogP contribution in [-0.2, 0) is 0 Å². The predicted molar refractivity (Wildman–Crippen MR) is 72.5 cm³/mol. The first kappa shape index (κ1) is 12.1. The van der Waals surface area contributed by atoms with E-state index in [-0.39, 0.29) is 5.91 Å². The van der Waals surface area contributed by atoms with E-state index in [0.29, 0.717) is 16.9 Å². The average molecular weight is 241 g/mol. The summed E-state index contributed by atoms with van der Waals surface area (Å²) < 4.78 is 0. The second kappa shape index (κ2) is 4.87. The fraction of sp³-hybridized carbons (Fsp3) is 0.143. The molecular weight excluding hydrogens is 226 g/mol. The van der Waals surface area contributed by atoms with Crippen LogP contribution in [0.2, 0.25) is 0 Å². The van der Waals surface area contributed by atoms with Gasteiger partial charge >= 0.3 is 0 Å². The van der Waals surface area contributed by atoms with Crippen LogP contribution in [0.15, 0.2) is 36.7 Å². The number of benzene rings is 1. The molecule has 0 bridgehead atoms. The van der Waals surface area contributed by atoms with Crippen LogP contribution in [0.25, 0.3) is 0 Å². The van der Waals surface area contributed by atoms with Crippen LogP contribution >= 0.6 is 0 Å². The zero-order valence-electron chi connectivity index (χ0n) is 10.4.